The quantitative estimate of drug-likeness (QED) is 0.681. The molecule has 0 fully saturated rings. The number of amides is 3. The molecule has 2 aromatic carbocycles. The van der Waals surface area contributed by atoms with Crippen LogP contribution in [0, 0.1) is 6.92 Å². The molecule has 3 aromatic rings. The van der Waals surface area contributed by atoms with Gasteiger partial charge in [0.1, 0.15) is 0 Å². The highest BCUT2D eigenvalue weighted by Gasteiger charge is 2.08. The lowest BCUT2D eigenvalue weighted by Gasteiger charge is -2.07. The van der Waals surface area contributed by atoms with Gasteiger partial charge in [-0.15, -0.1) is 11.3 Å². The van der Waals surface area contributed by atoms with Crippen molar-refractivity contribution in [1.82, 2.24) is 10.3 Å². The molecule has 4 N–H and O–H groups in total. The van der Waals surface area contributed by atoms with Crippen molar-refractivity contribution >= 4 is 39.2 Å². The highest BCUT2D eigenvalue weighted by Crippen LogP contribution is 2.25. The van der Waals surface area contributed by atoms with Crippen molar-refractivity contribution in [2.24, 2.45) is 5.73 Å². The van der Waals surface area contributed by atoms with E-state index < -0.39 is 6.03 Å². The van der Waals surface area contributed by atoms with Crippen LogP contribution in [0.4, 0.5) is 10.5 Å². The van der Waals surface area contributed by atoms with Crippen molar-refractivity contribution < 1.29 is 9.59 Å². The third kappa shape index (κ3) is 3.69. The van der Waals surface area contributed by atoms with Gasteiger partial charge in [0.05, 0.1) is 15.2 Å². The third-order valence-corrected chi connectivity index (χ3v) is 4.37. The van der Waals surface area contributed by atoms with Crippen molar-refractivity contribution in [2.45, 2.75) is 13.5 Å². The van der Waals surface area contributed by atoms with Gasteiger partial charge in [-0.3, -0.25) is 4.79 Å². The molecule has 0 saturated heterocycles. The molecule has 0 spiro atoms. The first-order chi connectivity index (χ1) is 11.5. The second-order valence-corrected chi connectivity index (χ2v) is 6.52. The molecule has 1 heterocycles. The Bertz CT molecular complexity index is 903. The molecule has 0 aliphatic heterocycles. The fraction of sp³-hybridized carbons (Fsp3) is 0.118. The van der Waals surface area contributed by atoms with Gasteiger partial charge in [0.15, 0.2) is 0 Å². The van der Waals surface area contributed by atoms with E-state index in [1.165, 1.54) is 0 Å². The van der Waals surface area contributed by atoms with E-state index in [1.54, 1.807) is 35.6 Å². The SMILES string of the molecule is Cc1nc2ccc(NC(=O)c3ccc(CNC(N)=O)cc3)cc2s1. The van der Waals surface area contributed by atoms with E-state index in [-0.39, 0.29) is 5.91 Å². The summed E-state index contributed by atoms with van der Waals surface area (Å²) in [6.07, 6.45) is 0. The summed E-state index contributed by atoms with van der Waals surface area (Å²) in [6.45, 7) is 2.29. The van der Waals surface area contributed by atoms with Crippen LogP contribution in [0.3, 0.4) is 0 Å². The Hall–Kier alpha value is -2.93. The highest BCUT2D eigenvalue weighted by molar-refractivity contribution is 7.18. The number of rotatable bonds is 4. The van der Waals surface area contributed by atoms with Crippen LogP contribution in [0.25, 0.3) is 10.2 Å². The maximum atomic E-state index is 12.3. The fourth-order valence-electron chi connectivity index (χ4n) is 2.28. The zero-order chi connectivity index (χ0) is 17.1. The number of carbonyl (C=O) groups is 2. The first-order valence-corrected chi connectivity index (χ1v) is 8.14. The minimum Gasteiger partial charge on any atom is -0.352 e. The van der Waals surface area contributed by atoms with Gasteiger partial charge >= 0.3 is 6.03 Å². The standard InChI is InChI=1S/C17H16N4O2S/c1-10-20-14-7-6-13(8-15(14)24-10)21-16(22)12-4-2-11(3-5-12)9-19-17(18)23/h2-8H,9H2,1H3,(H,21,22)(H3,18,19,23). The molecule has 1 aromatic heterocycles. The maximum Gasteiger partial charge on any atom is 0.312 e. The average molecular weight is 340 g/mol. The topological polar surface area (TPSA) is 97.1 Å². The van der Waals surface area contributed by atoms with Crippen LogP contribution >= 0.6 is 11.3 Å². The number of nitrogens with one attached hydrogen (secondary N) is 2. The first-order valence-electron chi connectivity index (χ1n) is 7.32. The van der Waals surface area contributed by atoms with E-state index in [1.807, 2.05) is 25.1 Å². The van der Waals surface area contributed by atoms with Crippen LogP contribution in [0.15, 0.2) is 42.5 Å². The van der Waals surface area contributed by atoms with Crippen LogP contribution in [0.2, 0.25) is 0 Å². The molecule has 3 rings (SSSR count). The number of aryl methyl sites for hydroxylation is 1. The molecule has 0 bridgehead atoms. The summed E-state index contributed by atoms with van der Waals surface area (Å²) in [5.41, 5.74) is 8.10. The van der Waals surface area contributed by atoms with E-state index in [0.29, 0.717) is 12.1 Å². The lowest BCUT2D eigenvalue weighted by molar-refractivity contribution is 0.102. The molecule has 0 radical (unpaired) electrons. The van der Waals surface area contributed by atoms with Gasteiger partial charge in [0.25, 0.3) is 5.91 Å². The number of primary amides is 1. The van der Waals surface area contributed by atoms with Crippen molar-refractivity contribution in [3.63, 3.8) is 0 Å². The highest BCUT2D eigenvalue weighted by atomic mass is 32.1. The number of thiazole rings is 1. The Morgan fingerprint density at radius 3 is 2.62 bits per heavy atom. The van der Waals surface area contributed by atoms with Crippen LogP contribution in [0.5, 0.6) is 0 Å². The van der Waals surface area contributed by atoms with E-state index >= 15 is 0 Å². The normalized spacial score (nSPS) is 10.5. The summed E-state index contributed by atoms with van der Waals surface area (Å²) in [5, 5.41) is 6.38. The number of aromatic nitrogens is 1. The largest absolute Gasteiger partial charge is 0.352 e. The van der Waals surface area contributed by atoms with Crippen LogP contribution in [-0.2, 0) is 6.54 Å². The van der Waals surface area contributed by atoms with Gasteiger partial charge in [-0.2, -0.15) is 0 Å². The lowest BCUT2D eigenvalue weighted by atomic mass is 10.1. The molecule has 0 aliphatic rings. The fourth-order valence-corrected chi connectivity index (χ4v) is 3.15. The van der Waals surface area contributed by atoms with E-state index in [4.69, 9.17) is 5.73 Å². The Kier molecular flexibility index (Phi) is 4.43. The van der Waals surface area contributed by atoms with E-state index in [2.05, 4.69) is 15.6 Å². The Balaban J connectivity index is 1.70. The van der Waals surface area contributed by atoms with Gasteiger partial charge in [0, 0.05) is 17.8 Å². The van der Waals surface area contributed by atoms with Crippen LogP contribution < -0.4 is 16.4 Å². The number of anilines is 1. The first kappa shape index (κ1) is 15.9. The summed E-state index contributed by atoms with van der Waals surface area (Å²) in [6, 6.07) is 12.1. The van der Waals surface area contributed by atoms with E-state index in [9.17, 15) is 9.59 Å². The molecular formula is C17H16N4O2S. The molecular weight excluding hydrogens is 324 g/mol. The Morgan fingerprint density at radius 2 is 1.92 bits per heavy atom. The molecule has 122 valence electrons. The average Bonchev–Trinajstić information content (AvgIpc) is 2.92. The van der Waals surface area contributed by atoms with E-state index in [0.717, 1.165) is 26.5 Å². The maximum absolute atomic E-state index is 12.3. The molecule has 3 amide bonds. The molecule has 24 heavy (non-hydrogen) atoms. The number of benzene rings is 2. The summed E-state index contributed by atoms with van der Waals surface area (Å²) in [7, 11) is 0. The smallest absolute Gasteiger partial charge is 0.312 e. The minimum atomic E-state index is -0.578. The summed E-state index contributed by atoms with van der Waals surface area (Å²) in [5.74, 6) is -0.190. The van der Waals surface area contributed by atoms with Gasteiger partial charge < -0.3 is 16.4 Å². The predicted molar refractivity (Wildman–Crippen MR) is 95.2 cm³/mol. The monoisotopic (exact) mass is 340 g/mol. The number of fused-ring (bicyclic) bond motifs is 1. The molecule has 0 saturated carbocycles. The number of nitrogens with zero attached hydrogens (tertiary/aromatic N) is 1. The molecule has 0 atom stereocenters. The van der Waals surface area contributed by atoms with Crippen molar-refractivity contribution in [3.8, 4) is 0 Å². The van der Waals surface area contributed by atoms with Gasteiger partial charge in [-0.05, 0) is 42.8 Å². The second-order valence-electron chi connectivity index (χ2n) is 5.28. The summed E-state index contributed by atoms with van der Waals surface area (Å²) >= 11 is 1.59. The molecule has 0 aliphatic carbocycles. The molecule has 6 nitrogen and oxygen atoms in total. The number of carbonyl (C=O) groups excluding carboxylic acids is 2. The second kappa shape index (κ2) is 6.67. The summed E-state index contributed by atoms with van der Waals surface area (Å²) in [4.78, 5) is 27.4. The number of nitrogens with two attached hydrogens (primary N) is 1. The van der Waals surface area contributed by atoms with Gasteiger partial charge in [0.2, 0.25) is 0 Å². The number of hydrogen-bond acceptors (Lipinski definition) is 4. The Morgan fingerprint density at radius 1 is 1.17 bits per heavy atom. The van der Waals surface area contributed by atoms with Gasteiger partial charge in [-0.25, -0.2) is 9.78 Å². The lowest BCUT2D eigenvalue weighted by Crippen LogP contribution is -2.28. The third-order valence-electron chi connectivity index (χ3n) is 3.44. The zero-order valence-electron chi connectivity index (χ0n) is 13.0. The predicted octanol–water partition coefficient (Wildman–Crippen LogP) is 3.03. The number of hydrogen-bond donors (Lipinski definition) is 3. The molecule has 0 unspecified atom stereocenters. The van der Waals surface area contributed by atoms with Crippen molar-refractivity contribution in [1.29, 1.82) is 0 Å². The number of urea groups is 1. The van der Waals surface area contributed by atoms with Gasteiger partial charge in [-0.1, -0.05) is 12.1 Å². The van der Waals surface area contributed by atoms with Crippen LogP contribution in [-0.4, -0.2) is 16.9 Å². The molecule has 7 heteroatoms. The van der Waals surface area contributed by atoms with Crippen molar-refractivity contribution in [2.75, 3.05) is 5.32 Å². The minimum absolute atomic E-state index is 0.190. The van der Waals surface area contributed by atoms with Crippen LogP contribution in [0.1, 0.15) is 20.9 Å². The summed E-state index contributed by atoms with van der Waals surface area (Å²) < 4.78 is 1.04. The van der Waals surface area contributed by atoms with Crippen molar-refractivity contribution in [3.05, 3.63) is 58.6 Å². The zero-order valence-corrected chi connectivity index (χ0v) is 13.8. The Labute approximate surface area is 142 Å².